The maximum atomic E-state index is 5.68. The standard InChI is InChI=1S/C17H34O/c1-2-4-6-8-10-12-14-16-18-17-15-13-11-9-7-5-3-1/h1-17H2. The van der Waals surface area contributed by atoms with Crippen LogP contribution in [0.15, 0.2) is 0 Å². The second-order valence-electron chi connectivity index (χ2n) is 5.92. The Morgan fingerprint density at radius 2 is 0.500 bits per heavy atom. The molecule has 18 heavy (non-hydrogen) atoms. The van der Waals surface area contributed by atoms with Crippen LogP contribution in [0.2, 0.25) is 0 Å². The van der Waals surface area contributed by atoms with E-state index in [1.54, 1.807) is 0 Å². The maximum absolute atomic E-state index is 5.68. The topological polar surface area (TPSA) is 9.23 Å². The lowest BCUT2D eigenvalue weighted by Crippen LogP contribution is -1.97. The van der Waals surface area contributed by atoms with E-state index in [0.29, 0.717) is 0 Å². The summed E-state index contributed by atoms with van der Waals surface area (Å²) in [6.07, 6.45) is 21.3. The van der Waals surface area contributed by atoms with Gasteiger partial charge in [0.1, 0.15) is 0 Å². The highest BCUT2D eigenvalue weighted by Gasteiger charge is 1.96. The van der Waals surface area contributed by atoms with Crippen molar-refractivity contribution in [3.05, 3.63) is 0 Å². The van der Waals surface area contributed by atoms with E-state index in [1.807, 2.05) is 0 Å². The molecular formula is C17H34O. The Bertz CT molecular complexity index is 80.6. The quantitative estimate of drug-likeness (QED) is 0.525. The van der Waals surface area contributed by atoms with Crippen LogP contribution in [0, 0.1) is 0 Å². The summed E-state index contributed by atoms with van der Waals surface area (Å²) in [7, 11) is 0. The number of hydrogen-bond acceptors (Lipinski definition) is 1. The van der Waals surface area contributed by atoms with Gasteiger partial charge >= 0.3 is 0 Å². The molecule has 1 rings (SSSR count). The van der Waals surface area contributed by atoms with Crippen molar-refractivity contribution in [2.24, 2.45) is 0 Å². The largest absolute Gasteiger partial charge is 0.381 e. The summed E-state index contributed by atoms with van der Waals surface area (Å²) in [6, 6.07) is 0. The van der Waals surface area contributed by atoms with Crippen LogP contribution in [0.25, 0.3) is 0 Å². The van der Waals surface area contributed by atoms with Crippen molar-refractivity contribution in [1.29, 1.82) is 0 Å². The maximum Gasteiger partial charge on any atom is 0.0466 e. The number of rotatable bonds is 0. The molecule has 1 heteroatoms. The lowest BCUT2D eigenvalue weighted by atomic mass is 10.0. The summed E-state index contributed by atoms with van der Waals surface area (Å²) >= 11 is 0. The first-order chi connectivity index (χ1) is 9.00. The molecule has 0 N–H and O–H groups in total. The van der Waals surface area contributed by atoms with Crippen LogP contribution in [-0.4, -0.2) is 13.2 Å². The minimum absolute atomic E-state index is 1.00. The third-order valence-electron chi connectivity index (χ3n) is 4.08. The SMILES string of the molecule is C1CCCCCCCCOCCCCCCCC1. The van der Waals surface area contributed by atoms with Gasteiger partial charge in [-0.15, -0.1) is 0 Å². The summed E-state index contributed by atoms with van der Waals surface area (Å²) in [5.41, 5.74) is 0. The van der Waals surface area contributed by atoms with Gasteiger partial charge in [0.25, 0.3) is 0 Å². The van der Waals surface area contributed by atoms with E-state index in [2.05, 4.69) is 0 Å². The highest BCUT2D eigenvalue weighted by atomic mass is 16.5. The van der Waals surface area contributed by atoms with Crippen LogP contribution in [-0.2, 0) is 4.74 Å². The minimum Gasteiger partial charge on any atom is -0.381 e. The first-order valence-electron chi connectivity index (χ1n) is 8.58. The molecule has 1 fully saturated rings. The van der Waals surface area contributed by atoms with Crippen LogP contribution in [0.3, 0.4) is 0 Å². The van der Waals surface area contributed by atoms with Crippen LogP contribution in [0.5, 0.6) is 0 Å². The van der Waals surface area contributed by atoms with Crippen molar-refractivity contribution in [3.8, 4) is 0 Å². The zero-order valence-electron chi connectivity index (χ0n) is 12.4. The van der Waals surface area contributed by atoms with Gasteiger partial charge < -0.3 is 4.74 Å². The molecule has 0 bridgehead atoms. The molecule has 0 unspecified atom stereocenters. The summed E-state index contributed by atoms with van der Waals surface area (Å²) in [5, 5.41) is 0. The van der Waals surface area contributed by atoms with E-state index in [4.69, 9.17) is 4.74 Å². The van der Waals surface area contributed by atoms with E-state index in [1.165, 1.54) is 96.3 Å². The molecule has 1 saturated heterocycles. The van der Waals surface area contributed by atoms with Gasteiger partial charge in [-0.05, 0) is 12.8 Å². The van der Waals surface area contributed by atoms with E-state index >= 15 is 0 Å². The minimum atomic E-state index is 1.00. The van der Waals surface area contributed by atoms with Crippen molar-refractivity contribution >= 4 is 0 Å². The fourth-order valence-corrected chi connectivity index (χ4v) is 2.81. The molecule has 108 valence electrons. The first-order valence-corrected chi connectivity index (χ1v) is 8.58. The van der Waals surface area contributed by atoms with E-state index in [9.17, 15) is 0 Å². The van der Waals surface area contributed by atoms with Gasteiger partial charge in [-0.25, -0.2) is 0 Å². The lowest BCUT2D eigenvalue weighted by Gasteiger charge is -2.06. The van der Waals surface area contributed by atoms with Crippen LogP contribution in [0.1, 0.15) is 96.3 Å². The zero-order chi connectivity index (χ0) is 12.7. The molecule has 1 aliphatic heterocycles. The van der Waals surface area contributed by atoms with Crippen LogP contribution < -0.4 is 0 Å². The lowest BCUT2D eigenvalue weighted by molar-refractivity contribution is 0.125. The smallest absolute Gasteiger partial charge is 0.0466 e. The van der Waals surface area contributed by atoms with Gasteiger partial charge in [0.05, 0.1) is 0 Å². The summed E-state index contributed by atoms with van der Waals surface area (Å²) in [5.74, 6) is 0. The van der Waals surface area contributed by atoms with Gasteiger partial charge in [0.15, 0.2) is 0 Å². The third-order valence-corrected chi connectivity index (χ3v) is 4.08. The predicted molar refractivity (Wildman–Crippen MR) is 80.1 cm³/mol. The fourth-order valence-electron chi connectivity index (χ4n) is 2.81. The van der Waals surface area contributed by atoms with E-state index < -0.39 is 0 Å². The zero-order valence-corrected chi connectivity index (χ0v) is 12.4. The second-order valence-corrected chi connectivity index (χ2v) is 5.92. The van der Waals surface area contributed by atoms with Gasteiger partial charge in [0.2, 0.25) is 0 Å². The first kappa shape index (κ1) is 16.0. The molecule has 0 aromatic heterocycles. The average Bonchev–Trinajstić information content (AvgIpc) is 2.39. The van der Waals surface area contributed by atoms with Crippen molar-refractivity contribution in [1.82, 2.24) is 0 Å². The number of ether oxygens (including phenoxy) is 1. The van der Waals surface area contributed by atoms with Crippen molar-refractivity contribution < 1.29 is 4.74 Å². The van der Waals surface area contributed by atoms with Crippen molar-refractivity contribution in [3.63, 3.8) is 0 Å². The fraction of sp³-hybridized carbons (Fsp3) is 1.00. The Morgan fingerprint density at radius 3 is 0.778 bits per heavy atom. The normalized spacial score (nSPS) is 24.0. The molecule has 0 radical (unpaired) electrons. The molecule has 0 aromatic rings. The molecule has 0 amide bonds. The summed E-state index contributed by atoms with van der Waals surface area (Å²) in [4.78, 5) is 0. The molecule has 1 heterocycles. The Balaban J connectivity index is 2.00. The number of hydrogen-bond donors (Lipinski definition) is 0. The summed E-state index contributed by atoms with van der Waals surface area (Å²) in [6.45, 7) is 2.00. The molecular weight excluding hydrogens is 220 g/mol. The van der Waals surface area contributed by atoms with Gasteiger partial charge in [-0.2, -0.15) is 0 Å². The molecule has 0 spiro atoms. The third kappa shape index (κ3) is 11.1. The highest BCUT2D eigenvalue weighted by Crippen LogP contribution is 2.13. The monoisotopic (exact) mass is 254 g/mol. The van der Waals surface area contributed by atoms with Crippen LogP contribution in [0.4, 0.5) is 0 Å². The van der Waals surface area contributed by atoms with Crippen molar-refractivity contribution in [2.45, 2.75) is 96.3 Å². The Labute approximate surface area is 115 Å². The molecule has 1 aliphatic rings. The van der Waals surface area contributed by atoms with Crippen LogP contribution >= 0.6 is 0 Å². The molecule has 1 nitrogen and oxygen atoms in total. The molecule has 0 saturated carbocycles. The summed E-state index contributed by atoms with van der Waals surface area (Å²) < 4.78 is 5.68. The van der Waals surface area contributed by atoms with Crippen molar-refractivity contribution in [2.75, 3.05) is 13.2 Å². The molecule has 0 aromatic carbocycles. The predicted octanol–water partition coefficient (Wildman–Crippen LogP) is 5.87. The van der Waals surface area contributed by atoms with Gasteiger partial charge in [-0.3, -0.25) is 0 Å². The van der Waals surface area contributed by atoms with E-state index in [0.717, 1.165) is 13.2 Å². The molecule has 0 atom stereocenters. The van der Waals surface area contributed by atoms with Gasteiger partial charge in [0, 0.05) is 13.2 Å². The Morgan fingerprint density at radius 1 is 0.278 bits per heavy atom. The highest BCUT2D eigenvalue weighted by molar-refractivity contribution is 4.50. The van der Waals surface area contributed by atoms with Gasteiger partial charge in [-0.1, -0.05) is 83.5 Å². The molecule has 0 aliphatic carbocycles. The van der Waals surface area contributed by atoms with E-state index in [-0.39, 0.29) is 0 Å². The Hall–Kier alpha value is -0.0400. The Kier molecular flexibility index (Phi) is 11.9. The average molecular weight is 254 g/mol. The second kappa shape index (κ2) is 13.4.